The van der Waals surface area contributed by atoms with Crippen LogP contribution >= 0.6 is 24.4 Å². The van der Waals surface area contributed by atoms with Crippen LogP contribution in [0.2, 0.25) is 0 Å². The highest BCUT2D eigenvalue weighted by Gasteiger charge is 2.50. The Morgan fingerprint density at radius 2 is 1.16 bits per heavy atom. The Hall–Kier alpha value is 0.420. The van der Waals surface area contributed by atoms with Crippen molar-refractivity contribution in [2.24, 2.45) is 0 Å². The van der Waals surface area contributed by atoms with E-state index in [0.29, 0.717) is 34.9 Å². The average Bonchev–Trinajstić information content (AvgIpc) is 2.59. The minimum Gasteiger partial charge on any atom is -0.378 e. The predicted octanol–water partition coefficient (Wildman–Crippen LogP) is 2.61. The molecule has 0 aliphatic rings. The number of hydrogen-bond acceptors (Lipinski definition) is 6. The van der Waals surface area contributed by atoms with E-state index in [0.717, 1.165) is 12.8 Å². The first-order chi connectivity index (χ1) is 11.8. The normalized spacial score (nSPS) is 18.8. The number of rotatable bonds is 12. The molecule has 25 heavy (non-hydrogen) atoms. The van der Waals surface area contributed by atoms with E-state index >= 15 is 0 Å². The van der Waals surface area contributed by atoms with Gasteiger partial charge in [0.1, 0.15) is 38.4 Å². The summed E-state index contributed by atoms with van der Waals surface area (Å²) in [6, 6.07) is 0.0434. The topological polar surface area (TPSA) is 32.6 Å². The highest BCUT2D eigenvalue weighted by Crippen LogP contribution is 2.25. The van der Waals surface area contributed by atoms with Crippen LogP contribution in [0.4, 0.5) is 0 Å². The average molecular weight is 427 g/mol. The molecule has 0 aliphatic heterocycles. The molecule has 0 bridgehead atoms. The SMILES string of the molecule is CC[C@H](COC)[N@+](CC)([N][N@+](CC)(C(=S)[S-])[C@H](CC)COC)C(=S)[S-]. The van der Waals surface area contributed by atoms with E-state index in [9.17, 15) is 0 Å². The number of hydrogen-bond donors (Lipinski definition) is 0. The Bertz CT molecular complexity index is 404. The number of quaternary nitrogens is 2. The molecule has 0 aromatic heterocycles. The van der Waals surface area contributed by atoms with Crippen molar-refractivity contribution in [1.82, 2.24) is 5.53 Å². The van der Waals surface area contributed by atoms with Gasteiger partial charge in [-0.15, -0.1) is 0 Å². The fourth-order valence-electron chi connectivity index (χ4n) is 3.17. The quantitative estimate of drug-likeness (QED) is 0.206. The van der Waals surface area contributed by atoms with E-state index in [2.05, 4.69) is 13.8 Å². The molecule has 147 valence electrons. The lowest BCUT2D eigenvalue weighted by Gasteiger charge is -2.49. The van der Waals surface area contributed by atoms with Gasteiger partial charge in [-0.1, -0.05) is 13.8 Å². The highest BCUT2D eigenvalue weighted by molar-refractivity contribution is 8.00. The molecule has 0 amide bonds. The summed E-state index contributed by atoms with van der Waals surface area (Å²) in [5, 5.41) is 0. The van der Waals surface area contributed by atoms with Crippen LogP contribution in [-0.4, -0.2) is 70.4 Å². The number of nitrogens with zero attached hydrogens (tertiary/aromatic N) is 3. The standard InChI is InChI=1S/C16H34N3O2S4/c1-7-13(11-20-5)18(9-3,15(22)23)17-19(10-4,16(24)25)14(8-2)12-21-6/h13-14H,7-12H2,1-6H3,(H,22,23)(H,24,25)/q+2/p-2/t13-,14-,18+,19+/m1/s1. The summed E-state index contributed by atoms with van der Waals surface area (Å²) in [6.07, 6.45) is 1.66. The van der Waals surface area contributed by atoms with Crippen molar-refractivity contribution < 1.29 is 18.7 Å². The molecule has 0 spiro atoms. The van der Waals surface area contributed by atoms with E-state index in [1.54, 1.807) is 14.2 Å². The Balaban J connectivity index is 6.23. The molecule has 0 saturated heterocycles. The number of ether oxygens (including phenoxy) is 2. The van der Waals surface area contributed by atoms with Crippen molar-refractivity contribution in [2.45, 2.75) is 52.6 Å². The molecule has 5 nitrogen and oxygen atoms in total. The van der Waals surface area contributed by atoms with Gasteiger partial charge < -0.3 is 59.2 Å². The second-order valence-corrected chi connectivity index (χ2v) is 8.01. The zero-order chi connectivity index (χ0) is 19.7. The molecular weight excluding hydrogens is 394 g/mol. The third kappa shape index (κ3) is 5.70. The van der Waals surface area contributed by atoms with Crippen molar-refractivity contribution >= 4 is 58.3 Å². The molecule has 0 N–H and O–H groups in total. The minimum atomic E-state index is 0.0217. The van der Waals surface area contributed by atoms with Crippen molar-refractivity contribution in [3.63, 3.8) is 0 Å². The van der Waals surface area contributed by atoms with Gasteiger partial charge in [0.05, 0.1) is 8.64 Å². The second-order valence-electron chi connectivity index (χ2n) is 5.94. The molecule has 4 atom stereocenters. The van der Waals surface area contributed by atoms with Gasteiger partial charge in [0.25, 0.3) is 0 Å². The largest absolute Gasteiger partial charge is 0.378 e. The van der Waals surface area contributed by atoms with Crippen LogP contribution in [0.25, 0.3) is 0 Å². The molecule has 0 aliphatic carbocycles. The summed E-state index contributed by atoms with van der Waals surface area (Å²) in [4.78, 5) is 0. The monoisotopic (exact) mass is 426 g/mol. The first-order valence-corrected chi connectivity index (χ1v) is 10.3. The van der Waals surface area contributed by atoms with Gasteiger partial charge >= 0.3 is 0 Å². The summed E-state index contributed by atoms with van der Waals surface area (Å²) in [7, 11) is 3.36. The smallest absolute Gasteiger partial charge is 0.189 e. The molecule has 0 unspecified atom stereocenters. The van der Waals surface area contributed by atoms with Gasteiger partial charge in [-0.2, -0.15) is 9.18 Å². The molecule has 0 aromatic rings. The van der Waals surface area contributed by atoms with E-state index in [4.69, 9.17) is 64.7 Å². The van der Waals surface area contributed by atoms with Gasteiger partial charge in [-0.05, 0) is 13.8 Å². The lowest BCUT2D eigenvalue weighted by Crippen LogP contribution is -2.76. The molecule has 0 rings (SSSR count). The van der Waals surface area contributed by atoms with Crippen LogP contribution in [0.1, 0.15) is 40.5 Å². The van der Waals surface area contributed by atoms with Gasteiger partial charge in [-0.25, -0.2) is 0 Å². The van der Waals surface area contributed by atoms with Gasteiger partial charge in [0.15, 0.2) is 5.53 Å². The summed E-state index contributed by atoms with van der Waals surface area (Å²) in [6.45, 7) is 10.5. The van der Waals surface area contributed by atoms with Gasteiger partial charge in [0.2, 0.25) is 0 Å². The molecule has 1 radical (unpaired) electrons. The molecule has 0 aromatic carbocycles. The molecule has 0 fully saturated rings. The van der Waals surface area contributed by atoms with Gasteiger partial charge in [-0.3, -0.25) is 0 Å². The fourth-order valence-corrected chi connectivity index (χ4v) is 4.43. The third-order valence-electron chi connectivity index (χ3n) is 4.78. The Morgan fingerprint density at radius 3 is 1.32 bits per heavy atom. The summed E-state index contributed by atoms with van der Waals surface area (Å²) >= 11 is 22.0. The predicted molar refractivity (Wildman–Crippen MR) is 116 cm³/mol. The zero-order valence-corrected chi connectivity index (χ0v) is 19.5. The summed E-state index contributed by atoms with van der Waals surface area (Å²) in [5.74, 6) is 0. The number of likely N-dealkylation sites (N-methyl/N-ethyl adjacent to an activating group) is 2. The Kier molecular flexibility index (Phi) is 12.2. The summed E-state index contributed by atoms with van der Waals surface area (Å²) in [5.41, 5.74) is 5.18. The van der Waals surface area contributed by atoms with E-state index in [1.165, 1.54) is 0 Å². The first-order valence-electron chi connectivity index (χ1n) is 8.67. The molecule has 9 heteroatoms. The maximum Gasteiger partial charge on any atom is 0.189 e. The molecule has 0 heterocycles. The van der Waals surface area contributed by atoms with Crippen LogP contribution in [0.5, 0.6) is 0 Å². The van der Waals surface area contributed by atoms with Gasteiger partial charge in [0, 0.05) is 27.1 Å². The number of methoxy groups -OCH3 is 2. The van der Waals surface area contributed by atoms with E-state index in [-0.39, 0.29) is 21.3 Å². The minimum absolute atomic E-state index is 0.0217. The van der Waals surface area contributed by atoms with Crippen molar-refractivity contribution in [3.05, 3.63) is 0 Å². The van der Waals surface area contributed by atoms with Crippen LogP contribution < -0.4 is 5.53 Å². The zero-order valence-electron chi connectivity index (χ0n) is 16.2. The Labute approximate surface area is 175 Å². The lowest BCUT2D eigenvalue weighted by molar-refractivity contribution is -1.11. The maximum absolute atomic E-state index is 5.49. The second kappa shape index (κ2) is 12.0. The highest BCUT2D eigenvalue weighted by atomic mass is 32.1. The fraction of sp³-hybridized carbons (Fsp3) is 0.875. The van der Waals surface area contributed by atoms with Crippen LogP contribution in [0.15, 0.2) is 0 Å². The molecular formula is C16H32N3O2S4. The van der Waals surface area contributed by atoms with Crippen molar-refractivity contribution in [3.8, 4) is 0 Å². The van der Waals surface area contributed by atoms with Crippen LogP contribution in [0.3, 0.4) is 0 Å². The third-order valence-corrected chi connectivity index (χ3v) is 6.05. The lowest BCUT2D eigenvalue weighted by atomic mass is 10.2. The maximum atomic E-state index is 5.49. The first kappa shape index (κ1) is 25.4. The van der Waals surface area contributed by atoms with Crippen LogP contribution in [-0.2, 0) is 34.7 Å². The van der Waals surface area contributed by atoms with E-state index < -0.39 is 0 Å². The van der Waals surface area contributed by atoms with E-state index in [1.807, 2.05) is 13.8 Å². The molecule has 0 saturated carbocycles. The van der Waals surface area contributed by atoms with Crippen molar-refractivity contribution in [2.75, 3.05) is 40.5 Å². The Morgan fingerprint density at radius 1 is 0.840 bits per heavy atom. The van der Waals surface area contributed by atoms with Crippen LogP contribution in [0, 0.1) is 0 Å². The number of thiocarbonyl (C=S) groups is 2. The van der Waals surface area contributed by atoms with Crippen molar-refractivity contribution in [1.29, 1.82) is 0 Å². The summed E-state index contributed by atoms with van der Waals surface area (Å²) < 4.78 is 11.9.